The summed E-state index contributed by atoms with van der Waals surface area (Å²) >= 11 is 0. The second kappa shape index (κ2) is 10.8. The lowest BCUT2D eigenvalue weighted by atomic mass is 9.83. The molecule has 0 aromatic rings. The maximum Gasteiger partial charge on any atom is 0.303 e. The van der Waals surface area contributed by atoms with Gasteiger partial charge in [0.2, 0.25) is 0 Å². The van der Waals surface area contributed by atoms with E-state index in [0.29, 0.717) is 24.2 Å². The lowest BCUT2D eigenvalue weighted by Crippen LogP contribution is -2.24. The normalized spacial score (nSPS) is 34.4. The van der Waals surface area contributed by atoms with Crippen molar-refractivity contribution < 1.29 is 20.1 Å². The van der Waals surface area contributed by atoms with Crippen LogP contribution in [0.4, 0.5) is 0 Å². The molecule has 3 rings (SSSR count). The van der Waals surface area contributed by atoms with Crippen LogP contribution in [0, 0.1) is 29.6 Å². The van der Waals surface area contributed by atoms with E-state index in [1.54, 1.807) is 0 Å². The molecule has 3 aliphatic carbocycles. The number of aliphatic carboxylic acids is 1. The van der Waals surface area contributed by atoms with Gasteiger partial charge in [-0.1, -0.05) is 69.2 Å². The number of carboxylic acids is 1. The second-order valence-electron chi connectivity index (χ2n) is 9.85. The fraction of sp³-hybridized carbons (Fsp3) is 0.800. The van der Waals surface area contributed by atoms with Crippen LogP contribution in [0.3, 0.4) is 0 Å². The highest BCUT2D eigenvalue weighted by atomic mass is 16.4. The minimum absolute atomic E-state index is 0.140. The fourth-order valence-electron chi connectivity index (χ4n) is 6.03. The molecule has 164 valence electrons. The topological polar surface area (TPSA) is 77.8 Å². The first-order valence-corrected chi connectivity index (χ1v) is 11.9. The number of carboxylic acid groups (broad SMARTS) is 1. The summed E-state index contributed by atoms with van der Waals surface area (Å²) < 4.78 is 0. The van der Waals surface area contributed by atoms with Crippen LogP contribution < -0.4 is 0 Å². The summed E-state index contributed by atoms with van der Waals surface area (Å²) in [4.78, 5) is 10.7. The van der Waals surface area contributed by atoms with E-state index in [1.807, 2.05) is 6.08 Å². The third-order valence-electron chi connectivity index (χ3n) is 7.85. The van der Waals surface area contributed by atoms with Gasteiger partial charge in [-0.05, 0) is 55.8 Å². The summed E-state index contributed by atoms with van der Waals surface area (Å²) in [6.45, 7) is 2.19. The molecule has 0 radical (unpaired) electrons. The molecule has 3 fully saturated rings. The maximum absolute atomic E-state index is 10.8. The van der Waals surface area contributed by atoms with E-state index in [-0.39, 0.29) is 24.4 Å². The molecule has 0 heterocycles. The molecule has 3 saturated carbocycles. The zero-order chi connectivity index (χ0) is 20.8. The average molecular weight is 405 g/mol. The predicted molar refractivity (Wildman–Crippen MR) is 115 cm³/mol. The molecule has 4 heteroatoms. The van der Waals surface area contributed by atoms with Gasteiger partial charge in [0.25, 0.3) is 0 Å². The minimum atomic E-state index is -0.725. The Hall–Kier alpha value is -1.13. The maximum atomic E-state index is 10.8. The van der Waals surface area contributed by atoms with Gasteiger partial charge in [0, 0.05) is 12.3 Å². The highest BCUT2D eigenvalue weighted by molar-refractivity contribution is 5.66. The Kier molecular flexibility index (Phi) is 8.37. The lowest BCUT2D eigenvalue weighted by Gasteiger charge is -2.26. The zero-order valence-electron chi connectivity index (χ0n) is 18.0. The molecule has 6 atom stereocenters. The van der Waals surface area contributed by atoms with Crippen LogP contribution in [-0.4, -0.2) is 33.5 Å². The second-order valence-corrected chi connectivity index (χ2v) is 9.85. The third-order valence-corrected chi connectivity index (χ3v) is 7.85. The number of fused-ring (bicyclic) bond motifs is 1. The molecule has 0 aromatic carbocycles. The monoisotopic (exact) mass is 404 g/mol. The molecule has 0 bridgehead atoms. The standard InChI is InChI=1S/C25H40O4/c1-17(19-9-4-2-3-5-10-19)23(26)13-12-21-22-15-18(8-6-7-11-25(28)29)14-20(22)16-24(21)27/h8,12-13,17,19-24,26-27H,2-7,9-11,14-16H2,1H3,(H,28,29)/b13-12+,18-8+/t17?,20-,21-,22+,23+,24-/m1/s1. The molecule has 3 aliphatic rings. The Morgan fingerprint density at radius 2 is 1.90 bits per heavy atom. The van der Waals surface area contributed by atoms with Crippen LogP contribution in [0.15, 0.2) is 23.8 Å². The average Bonchev–Trinajstić information content (AvgIpc) is 3.05. The third kappa shape index (κ3) is 6.18. The molecule has 0 saturated heterocycles. The first-order valence-electron chi connectivity index (χ1n) is 11.9. The molecular formula is C25H40O4. The summed E-state index contributed by atoms with van der Waals surface area (Å²) in [6.07, 6.45) is 18.0. The van der Waals surface area contributed by atoms with E-state index in [1.165, 1.54) is 44.1 Å². The van der Waals surface area contributed by atoms with Gasteiger partial charge in [-0.2, -0.15) is 0 Å². The van der Waals surface area contributed by atoms with Crippen molar-refractivity contribution in [2.45, 2.75) is 96.2 Å². The molecule has 29 heavy (non-hydrogen) atoms. The highest BCUT2D eigenvalue weighted by Gasteiger charge is 2.45. The summed E-state index contributed by atoms with van der Waals surface area (Å²) in [6, 6.07) is 0. The minimum Gasteiger partial charge on any atom is -0.481 e. The van der Waals surface area contributed by atoms with Gasteiger partial charge in [-0.3, -0.25) is 4.79 Å². The lowest BCUT2D eigenvalue weighted by molar-refractivity contribution is -0.137. The van der Waals surface area contributed by atoms with Gasteiger partial charge in [0.15, 0.2) is 0 Å². The van der Waals surface area contributed by atoms with Crippen molar-refractivity contribution >= 4 is 5.97 Å². The largest absolute Gasteiger partial charge is 0.481 e. The van der Waals surface area contributed by atoms with E-state index in [2.05, 4.69) is 19.1 Å². The molecule has 4 nitrogen and oxygen atoms in total. The number of allylic oxidation sites excluding steroid dienone is 2. The number of carbonyl (C=O) groups is 1. The van der Waals surface area contributed by atoms with Crippen molar-refractivity contribution in [1.82, 2.24) is 0 Å². The summed E-state index contributed by atoms with van der Waals surface area (Å²) in [5, 5.41) is 30.1. The van der Waals surface area contributed by atoms with E-state index in [9.17, 15) is 15.0 Å². The van der Waals surface area contributed by atoms with Gasteiger partial charge in [-0.15, -0.1) is 0 Å². The Morgan fingerprint density at radius 1 is 1.17 bits per heavy atom. The van der Waals surface area contributed by atoms with Gasteiger partial charge in [-0.25, -0.2) is 0 Å². The van der Waals surface area contributed by atoms with Crippen LogP contribution >= 0.6 is 0 Å². The molecule has 1 unspecified atom stereocenters. The van der Waals surface area contributed by atoms with E-state index < -0.39 is 12.1 Å². The molecule has 3 N–H and O–H groups in total. The van der Waals surface area contributed by atoms with Crippen molar-refractivity contribution in [1.29, 1.82) is 0 Å². The number of aliphatic hydroxyl groups is 2. The molecule has 0 spiro atoms. The molecule has 0 aliphatic heterocycles. The van der Waals surface area contributed by atoms with Crippen molar-refractivity contribution in [3.8, 4) is 0 Å². The SMILES string of the molecule is CC(C1CCCCCC1)[C@@H](O)/C=C/[C@@H]1[C@H]2C/C(=C/CCCC(=O)O)C[C@@H]2C[C@H]1O. The first kappa shape index (κ1) is 22.6. The number of hydrogen-bond donors (Lipinski definition) is 3. The van der Waals surface area contributed by atoms with E-state index in [4.69, 9.17) is 5.11 Å². The summed E-state index contributed by atoms with van der Waals surface area (Å²) in [7, 11) is 0. The summed E-state index contributed by atoms with van der Waals surface area (Å²) in [5.74, 6) is 1.31. The first-order chi connectivity index (χ1) is 14.0. The Balaban J connectivity index is 1.53. The van der Waals surface area contributed by atoms with Crippen molar-refractivity contribution in [3.05, 3.63) is 23.8 Å². The van der Waals surface area contributed by atoms with Gasteiger partial charge in [0.05, 0.1) is 12.2 Å². The Labute approximate surface area is 176 Å². The quantitative estimate of drug-likeness (QED) is 0.299. The highest BCUT2D eigenvalue weighted by Crippen LogP contribution is 2.50. The van der Waals surface area contributed by atoms with E-state index >= 15 is 0 Å². The molecule has 0 aromatic heterocycles. The zero-order valence-corrected chi connectivity index (χ0v) is 18.0. The molecular weight excluding hydrogens is 364 g/mol. The van der Waals surface area contributed by atoms with Crippen molar-refractivity contribution in [3.63, 3.8) is 0 Å². The van der Waals surface area contributed by atoms with Crippen LogP contribution in [0.1, 0.15) is 84.0 Å². The van der Waals surface area contributed by atoms with Gasteiger partial charge < -0.3 is 15.3 Å². The number of rotatable bonds is 8. The van der Waals surface area contributed by atoms with E-state index in [0.717, 1.165) is 25.7 Å². The van der Waals surface area contributed by atoms with Crippen molar-refractivity contribution in [2.75, 3.05) is 0 Å². The van der Waals surface area contributed by atoms with Crippen LogP contribution in [-0.2, 0) is 4.79 Å². The van der Waals surface area contributed by atoms with Gasteiger partial charge >= 0.3 is 5.97 Å². The summed E-state index contributed by atoms with van der Waals surface area (Å²) in [5.41, 5.74) is 1.43. The Morgan fingerprint density at radius 3 is 2.59 bits per heavy atom. The Bertz CT molecular complexity index is 588. The number of aliphatic hydroxyl groups excluding tert-OH is 2. The fourth-order valence-corrected chi connectivity index (χ4v) is 6.03. The van der Waals surface area contributed by atoms with Crippen LogP contribution in [0.25, 0.3) is 0 Å². The van der Waals surface area contributed by atoms with Crippen LogP contribution in [0.2, 0.25) is 0 Å². The predicted octanol–water partition coefficient (Wildman–Crippen LogP) is 5.10. The van der Waals surface area contributed by atoms with Crippen molar-refractivity contribution in [2.24, 2.45) is 29.6 Å². The molecule has 0 amide bonds. The smallest absolute Gasteiger partial charge is 0.303 e. The van der Waals surface area contributed by atoms with Crippen LogP contribution in [0.5, 0.6) is 0 Å². The van der Waals surface area contributed by atoms with Gasteiger partial charge in [0.1, 0.15) is 0 Å². The number of unbranched alkanes of at least 4 members (excludes halogenated alkanes) is 1. The number of hydrogen-bond acceptors (Lipinski definition) is 3.